The summed E-state index contributed by atoms with van der Waals surface area (Å²) in [5.74, 6) is 0.884. The monoisotopic (exact) mass is 217 g/mol. The summed E-state index contributed by atoms with van der Waals surface area (Å²) < 4.78 is 5.04. The van der Waals surface area contributed by atoms with E-state index >= 15 is 0 Å². The number of alkyl halides is 1. The Kier molecular flexibility index (Phi) is 2.37. The lowest BCUT2D eigenvalue weighted by Crippen LogP contribution is -2.10. The first-order valence-electron chi connectivity index (χ1n) is 3.56. The lowest BCUT2D eigenvalue weighted by molar-refractivity contribution is 0.374. The fraction of sp³-hybridized carbons (Fsp3) is 0.625. The van der Waals surface area contributed by atoms with Gasteiger partial charge in [-0.25, -0.2) is 0 Å². The molecule has 62 valence electrons. The molecule has 1 rings (SSSR count). The first kappa shape index (κ1) is 8.78. The SMILES string of the molecule is CC(C)(C)c1cc(CBr)on1. The van der Waals surface area contributed by atoms with Gasteiger partial charge in [0.1, 0.15) is 5.76 Å². The van der Waals surface area contributed by atoms with E-state index in [2.05, 4.69) is 41.9 Å². The molecule has 0 spiro atoms. The molecule has 2 nitrogen and oxygen atoms in total. The summed E-state index contributed by atoms with van der Waals surface area (Å²) >= 11 is 3.30. The standard InChI is InChI=1S/C8H12BrNO/c1-8(2,3)7-4-6(5-9)11-10-7/h4H,5H2,1-3H3. The zero-order chi connectivity index (χ0) is 8.48. The molecule has 0 saturated carbocycles. The van der Waals surface area contributed by atoms with Gasteiger partial charge in [0.25, 0.3) is 0 Å². The molecule has 0 N–H and O–H groups in total. The van der Waals surface area contributed by atoms with Gasteiger partial charge in [-0.15, -0.1) is 0 Å². The molecule has 0 aliphatic rings. The highest BCUT2D eigenvalue weighted by molar-refractivity contribution is 9.08. The topological polar surface area (TPSA) is 26.0 Å². The van der Waals surface area contributed by atoms with E-state index in [0.717, 1.165) is 16.8 Å². The van der Waals surface area contributed by atoms with Crippen molar-refractivity contribution in [2.75, 3.05) is 0 Å². The summed E-state index contributed by atoms with van der Waals surface area (Å²) in [6.07, 6.45) is 0. The molecular weight excluding hydrogens is 206 g/mol. The first-order valence-corrected chi connectivity index (χ1v) is 4.68. The number of hydrogen-bond acceptors (Lipinski definition) is 2. The molecule has 0 atom stereocenters. The molecule has 0 fully saturated rings. The van der Waals surface area contributed by atoms with Crippen LogP contribution in [0.3, 0.4) is 0 Å². The van der Waals surface area contributed by atoms with Crippen LogP contribution in [0.25, 0.3) is 0 Å². The van der Waals surface area contributed by atoms with Gasteiger partial charge in [0, 0.05) is 11.5 Å². The van der Waals surface area contributed by atoms with Gasteiger partial charge in [-0.05, 0) is 0 Å². The minimum Gasteiger partial charge on any atom is -0.360 e. The fourth-order valence-electron chi connectivity index (χ4n) is 0.729. The third-order valence-electron chi connectivity index (χ3n) is 1.46. The maximum absolute atomic E-state index is 5.04. The van der Waals surface area contributed by atoms with E-state index in [9.17, 15) is 0 Å². The summed E-state index contributed by atoms with van der Waals surface area (Å²) in [5.41, 5.74) is 1.09. The third-order valence-corrected chi connectivity index (χ3v) is 2.01. The Morgan fingerprint density at radius 3 is 2.45 bits per heavy atom. The van der Waals surface area contributed by atoms with Gasteiger partial charge < -0.3 is 4.52 Å². The molecule has 0 aliphatic heterocycles. The van der Waals surface area contributed by atoms with E-state index < -0.39 is 0 Å². The highest BCUT2D eigenvalue weighted by Gasteiger charge is 2.18. The van der Waals surface area contributed by atoms with E-state index in [-0.39, 0.29) is 5.41 Å². The van der Waals surface area contributed by atoms with Crippen LogP contribution in [0.15, 0.2) is 10.6 Å². The van der Waals surface area contributed by atoms with Crippen molar-refractivity contribution in [2.24, 2.45) is 0 Å². The van der Waals surface area contributed by atoms with Gasteiger partial charge >= 0.3 is 0 Å². The van der Waals surface area contributed by atoms with Crippen LogP contribution < -0.4 is 0 Å². The molecule has 0 aliphatic carbocycles. The summed E-state index contributed by atoms with van der Waals surface area (Å²) in [5, 5.41) is 4.69. The van der Waals surface area contributed by atoms with Gasteiger partial charge in [0.05, 0.1) is 11.0 Å². The van der Waals surface area contributed by atoms with Crippen molar-refractivity contribution in [1.29, 1.82) is 0 Å². The van der Waals surface area contributed by atoms with Gasteiger partial charge in [0.15, 0.2) is 0 Å². The molecule has 3 heteroatoms. The molecule has 0 radical (unpaired) electrons. The Hall–Kier alpha value is -0.310. The lowest BCUT2D eigenvalue weighted by atomic mass is 9.92. The van der Waals surface area contributed by atoms with Gasteiger partial charge in [-0.3, -0.25) is 0 Å². The van der Waals surface area contributed by atoms with Crippen molar-refractivity contribution < 1.29 is 4.52 Å². The second-order valence-electron chi connectivity index (χ2n) is 3.56. The summed E-state index contributed by atoms with van der Waals surface area (Å²) in [6.45, 7) is 6.34. The van der Waals surface area contributed by atoms with Crippen LogP contribution in [-0.2, 0) is 10.7 Å². The van der Waals surface area contributed by atoms with E-state index in [1.807, 2.05) is 6.07 Å². The molecule has 0 saturated heterocycles. The van der Waals surface area contributed by atoms with E-state index in [1.165, 1.54) is 0 Å². The maximum Gasteiger partial charge on any atom is 0.147 e. The molecular formula is C8H12BrNO. The smallest absolute Gasteiger partial charge is 0.147 e. The number of halogens is 1. The second kappa shape index (κ2) is 2.97. The Morgan fingerprint density at radius 1 is 1.55 bits per heavy atom. The number of rotatable bonds is 1. The molecule has 0 bridgehead atoms. The molecule has 0 aromatic carbocycles. The van der Waals surface area contributed by atoms with Crippen LogP contribution in [0.4, 0.5) is 0 Å². The highest BCUT2D eigenvalue weighted by Crippen LogP contribution is 2.22. The second-order valence-corrected chi connectivity index (χ2v) is 4.12. The molecule has 1 aromatic heterocycles. The van der Waals surface area contributed by atoms with Gasteiger partial charge in [0.2, 0.25) is 0 Å². The van der Waals surface area contributed by atoms with Crippen molar-refractivity contribution in [2.45, 2.75) is 31.5 Å². The van der Waals surface area contributed by atoms with Crippen LogP contribution >= 0.6 is 15.9 Å². The quantitative estimate of drug-likeness (QED) is 0.677. The Morgan fingerprint density at radius 2 is 2.18 bits per heavy atom. The van der Waals surface area contributed by atoms with Crippen molar-refractivity contribution in [1.82, 2.24) is 5.16 Å². The molecule has 0 unspecified atom stereocenters. The predicted molar refractivity (Wildman–Crippen MR) is 47.8 cm³/mol. The largest absolute Gasteiger partial charge is 0.360 e. The Labute approximate surface area is 75.1 Å². The summed E-state index contributed by atoms with van der Waals surface area (Å²) in [7, 11) is 0. The van der Waals surface area contributed by atoms with E-state index in [1.54, 1.807) is 0 Å². The minimum absolute atomic E-state index is 0.0872. The van der Waals surface area contributed by atoms with Gasteiger partial charge in [-0.1, -0.05) is 41.9 Å². The molecule has 1 heterocycles. The normalized spacial score (nSPS) is 12.0. The first-order chi connectivity index (χ1) is 5.04. The molecule has 1 aromatic rings. The van der Waals surface area contributed by atoms with Crippen LogP contribution in [0, 0.1) is 0 Å². The average molecular weight is 218 g/mol. The fourth-order valence-corrected chi connectivity index (χ4v) is 0.994. The zero-order valence-corrected chi connectivity index (χ0v) is 8.60. The van der Waals surface area contributed by atoms with Crippen molar-refractivity contribution in [3.63, 3.8) is 0 Å². The highest BCUT2D eigenvalue weighted by atomic mass is 79.9. The van der Waals surface area contributed by atoms with Crippen LogP contribution in [0.1, 0.15) is 32.2 Å². The maximum atomic E-state index is 5.04. The van der Waals surface area contributed by atoms with Crippen molar-refractivity contribution in [3.8, 4) is 0 Å². The number of nitrogens with zero attached hydrogens (tertiary/aromatic N) is 1. The lowest BCUT2D eigenvalue weighted by Gasteiger charge is -2.12. The summed E-state index contributed by atoms with van der Waals surface area (Å²) in [6, 6.07) is 1.98. The Bertz CT molecular complexity index is 236. The van der Waals surface area contributed by atoms with Gasteiger partial charge in [-0.2, -0.15) is 0 Å². The Balaban J connectivity index is 2.89. The summed E-state index contributed by atoms with van der Waals surface area (Å²) in [4.78, 5) is 0. The van der Waals surface area contributed by atoms with Crippen molar-refractivity contribution in [3.05, 3.63) is 17.5 Å². The zero-order valence-electron chi connectivity index (χ0n) is 7.02. The molecule has 11 heavy (non-hydrogen) atoms. The van der Waals surface area contributed by atoms with Crippen LogP contribution in [-0.4, -0.2) is 5.16 Å². The van der Waals surface area contributed by atoms with E-state index in [0.29, 0.717) is 0 Å². The van der Waals surface area contributed by atoms with E-state index in [4.69, 9.17) is 4.52 Å². The van der Waals surface area contributed by atoms with Crippen molar-refractivity contribution >= 4 is 15.9 Å². The van der Waals surface area contributed by atoms with Crippen LogP contribution in [0.5, 0.6) is 0 Å². The third kappa shape index (κ3) is 2.06. The average Bonchev–Trinajstić information content (AvgIpc) is 2.32. The number of aromatic nitrogens is 1. The minimum atomic E-state index is 0.0872. The number of hydrogen-bond donors (Lipinski definition) is 0. The predicted octanol–water partition coefficient (Wildman–Crippen LogP) is 2.87. The molecule has 0 amide bonds. The van der Waals surface area contributed by atoms with Crippen LogP contribution in [0.2, 0.25) is 0 Å².